The van der Waals surface area contributed by atoms with Crippen LogP contribution in [0.25, 0.3) is 0 Å². The minimum Gasteiger partial charge on any atom is -0.342 e. The number of hydrogen-bond acceptors (Lipinski definition) is 1. The topological polar surface area (TPSA) is 25.2 Å². The van der Waals surface area contributed by atoms with Crippen LogP contribution >= 0.6 is 0 Å². The molecule has 2 heterocycles. The summed E-state index contributed by atoms with van der Waals surface area (Å²) in [6.45, 7) is 6.26. The number of carbonyl (C=O) groups is 1. The minimum absolute atomic E-state index is 0.148. The van der Waals surface area contributed by atoms with E-state index in [1.165, 1.54) is 12.0 Å². The minimum atomic E-state index is -0.148. The number of carbonyl (C=O) groups excluding carboxylic acids is 1. The van der Waals surface area contributed by atoms with E-state index in [2.05, 4.69) is 35.4 Å². The molecule has 0 aliphatic carbocycles. The molecule has 3 atom stereocenters. The van der Waals surface area contributed by atoms with Gasteiger partial charge >= 0.3 is 0 Å². The summed E-state index contributed by atoms with van der Waals surface area (Å²) in [5.74, 6) is 1.43. The Balaban J connectivity index is 1.82. The second-order valence-corrected chi connectivity index (χ2v) is 7.03. The summed E-state index contributed by atoms with van der Waals surface area (Å²) in [5.41, 5.74) is 1.21. The standard InChI is InChI=1S/C20H26N2O/c1-16-12-17(2)15-22(14-16)20(23)19(21-10-6-7-11-21)13-18-8-4-3-5-9-18/h3-11,16-17,19H,12-15H2,1-2H3/t16-,17-,19-/m1/s1. The number of rotatable bonds is 4. The number of amides is 1. The fourth-order valence-corrected chi connectivity index (χ4v) is 3.77. The molecule has 1 fully saturated rings. The number of hydrogen-bond donors (Lipinski definition) is 0. The predicted molar refractivity (Wildman–Crippen MR) is 93.1 cm³/mol. The van der Waals surface area contributed by atoms with Crippen molar-refractivity contribution in [3.63, 3.8) is 0 Å². The molecule has 3 nitrogen and oxygen atoms in total. The first kappa shape index (κ1) is 15.9. The SMILES string of the molecule is C[C@@H]1C[C@@H](C)CN(C(=O)[C@@H](Cc2ccccc2)n2cccc2)C1. The molecule has 1 aliphatic rings. The maximum atomic E-state index is 13.2. The quantitative estimate of drug-likeness (QED) is 0.844. The molecule has 0 N–H and O–H groups in total. The smallest absolute Gasteiger partial charge is 0.245 e. The van der Waals surface area contributed by atoms with E-state index < -0.39 is 0 Å². The molecule has 2 aromatic rings. The number of aromatic nitrogens is 1. The first-order chi connectivity index (χ1) is 11.1. The van der Waals surface area contributed by atoms with Crippen LogP contribution in [0.2, 0.25) is 0 Å². The summed E-state index contributed by atoms with van der Waals surface area (Å²) in [5, 5.41) is 0. The van der Waals surface area contributed by atoms with E-state index in [9.17, 15) is 4.79 Å². The Morgan fingerprint density at radius 2 is 1.65 bits per heavy atom. The third-order valence-corrected chi connectivity index (χ3v) is 4.72. The Morgan fingerprint density at radius 1 is 1.04 bits per heavy atom. The van der Waals surface area contributed by atoms with Crippen LogP contribution in [-0.2, 0) is 11.2 Å². The number of piperidine rings is 1. The molecule has 0 saturated carbocycles. The van der Waals surface area contributed by atoms with Crippen molar-refractivity contribution in [2.75, 3.05) is 13.1 Å². The molecule has 1 amide bonds. The molecule has 3 heteroatoms. The number of likely N-dealkylation sites (tertiary alicyclic amines) is 1. The van der Waals surface area contributed by atoms with Crippen LogP contribution in [0, 0.1) is 11.8 Å². The first-order valence-electron chi connectivity index (χ1n) is 8.58. The molecule has 0 radical (unpaired) electrons. The van der Waals surface area contributed by atoms with Crippen molar-refractivity contribution in [3.05, 3.63) is 60.4 Å². The first-order valence-corrected chi connectivity index (χ1v) is 8.58. The Bertz CT molecular complexity index is 610. The molecule has 1 aromatic carbocycles. The van der Waals surface area contributed by atoms with Gasteiger partial charge in [0.2, 0.25) is 5.91 Å². The fourth-order valence-electron chi connectivity index (χ4n) is 3.77. The fraction of sp³-hybridized carbons (Fsp3) is 0.450. The van der Waals surface area contributed by atoms with Crippen LogP contribution in [0.5, 0.6) is 0 Å². The van der Waals surface area contributed by atoms with E-state index in [0.29, 0.717) is 11.8 Å². The Labute approximate surface area is 138 Å². The number of nitrogens with zero attached hydrogens (tertiary/aromatic N) is 2. The lowest BCUT2D eigenvalue weighted by Gasteiger charge is -2.37. The second-order valence-electron chi connectivity index (χ2n) is 7.03. The van der Waals surface area contributed by atoms with Crippen LogP contribution in [-0.4, -0.2) is 28.5 Å². The van der Waals surface area contributed by atoms with Gasteiger partial charge in [-0.25, -0.2) is 0 Å². The summed E-state index contributed by atoms with van der Waals surface area (Å²) >= 11 is 0. The van der Waals surface area contributed by atoms with Gasteiger partial charge in [-0.05, 0) is 36.0 Å². The highest BCUT2D eigenvalue weighted by molar-refractivity contribution is 5.81. The lowest BCUT2D eigenvalue weighted by atomic mass is 9.91. The normalized spacial score (nSPS) is 22.8. The molecule has 1 aliphatic heterocycles. The maximum absolute atomic E-state index is 13.2. The highest BCUT2D eigenvalue weighted by atomic mass is 16.2. The van der Waals surface area contributed by atoms with E-state index in [-0.39, 0.29) is 11.9 Å². The summed E-state index contributed by atoms with van der Waals surface area (Å²) in [4.78, 5) is 15.3. The van der Waals surface area contributed by atoms with Crippen molar-refractivity contribution < 1.29 is 4.79 Å². The lowest BCUT2D eigenvalue weighted by Crippen LogP contribution is -2.46. The zero-order valence-corrected chi connectivity index (χ0v) is 14.1. The van der Waals surface area contributed by atoms with Crippen LogP contribution < -0.4 is 0 Å². The zero-order valence-electron chi connectivity index (χ0n) is 14.1. The molecule has 0 unspecified atom stereocenters. The summed E-state index contributed by atoms with van der Waals surface area (Å²) < 4.78 is 2.05. The molecule has 23 heavy (non-hydrogen) atoms. The van der Waals surface area contributed by atoms with Crippen LogP contribution in [0.3, 0.4) is 0 Å². The average Bonchev–Trinajstić information content (AvgIpc) is 3.06. The Kier molecular flexibility index (Phi) is 4.85. The summed E-state index contributed by atoms with van der Waals surface area (Å²) in [6, 6.07) is 14.1. The summed E-state index contributed by atoms with van der Waals surface area (Å²) in [6.07, 6.45) is 5.97. The third kappa shape index (κ3) is 3.84. The highest BCUT2D eigenvalue weighted by Gasteiger charge is 2.30. The van der Waals surface area contributed by atoms with Gasteiger partial charge in [-0.2, -0.15) is 0 Å². The molecule has 3 rings (SSSR count). The Hall–Kier alpha value is -2.03. The van der Waals surface area contributed by atoms with Crippen molar-refractivity contribution in [1.29, 1.82) is 0 Å². The van der Waals surface area contributed by atoms with Gasteiger partial charge in [-0.1, -0.05) is 44.2 Å². The third-order valence-electron chi connectivity index (χ3n) is 4.72. The van der Waals surface area contributed by atoms with E-state index in [4.69, 9.17) is 0 Å². The van der Waals surface area contributed by atoms with Crippen molar-refractivity contribution in [1.82, 2.24) is 9.47 Å². The Morgan fingerprint density at radius 3 is 2.26 bits per heavy atom. The zero-order chi connectivity index (χ0) is 16.2. The second kappa shape index (κ2) is 7.03. The van der Waals surface area contributed by atoms with E-state index in [0.717, 1.165) is 19.5 Å². The van der Waals surface area contributed by atoms with Crippen molar-refractivity contribution in [2.24, 2.45) is 11.8 Å². The molecule has 122 valence electrons. The molecule has 0 spiro atoms. The van der Waals surface area contributed by atoms with Gasteiger partial charge in [-0.3, -0.25) is 4.79 Å². The van der Waals surface area contributed by atoms with Crippen molar-refractivity contribution in [3.8, 4) is 0 Å². The monoisotopic (exact) mass is 310 g/mol. The van der Waals surface area contributed by atoms with Gasteiger partial charge < -0.3 is 9.47 Å². The van der Waals surface area contributed by atoms with Crippen molar-refractivity contribution >= 4 is 5.91 Å². The average molecular weight is 310 g/mol. The highest BCUT2D eigenvalue weighted by Crippen LogP contribution is 2.25. The van der Waals surface area contributed by atoms with Crippen LogP contribution in [0.15, 0.2) is 54.9 Å². The van der Waals surface area contributed by atoms with E-state index >= 15 is 0 Å². The summed E-state index contributed by atoms with van der Waals surface area (Å²) in [7, 11) is 0. The molecular formula is C20H26N2O. The predicted octanol–water partition coefficient (Wildman–Crippen LogP) is 3.78. The lowest BCUT2D eigenvalue weighted by molar-refractivity contribution is -0.137. The molecular weight excluding hydrogens is 284 g/mol. The van der Waals surface area contributed by atoms with Crippen molar-refractivity contribution in [2.45, 2.75) is 32.7 Å². The van der Waals surface area contributed by atoms with E-state index in [1.54, 1.807) is 0 Å². The van der Waals surface area contributed by atoms with Gasteiger partial charge in [0.05, 0.1) is 0 Å². The largest absolute Gasteiger partial charge is 0.342 e. The van der Waals surface area contributed by atoms with Gasteiger partial charge in [-0.15, -0.1) is 0 Å². The van der Waals surface area contributed by atoms with E-state index in [1.807, 2.05) is 42.7 Å². The number of benzene rings is 1. The van der Waals surface area contributed by atoms with Gasteiger partial charge in [0.15, 0.2) is 0 Å². The van der Waals surface area contributed by atoms with Gasteiger partial charge in [0.25, 0.3) is 0 Å². The van der Waals surface area contributed by atoms with Crippen LogP contribution in [0.4, 0.5) is 0 Å². The molecule has 0 bridgehead atoms. The maximum Gasteiger partial charge on any atom is 0.245 e. The van der Waals surface area contributed by atoms with Gasteiger partial charge in [0.1, 0.15) is 6.04 Å². The van der Waals surface area contributed by atoms with Gasteiger partial charge in [0, 0.05) is 31.9 Å². The van der Waals surface area contributed by atoms with Crippen LogP contribution in [0.1, 0.15) is 31.9 Å². The molecule has 1 saturated heterocycles. The molecule has 1 aromatic heterocycles.